The molecule has 0 fully saturated rings. The van der Waals surface area contributed by atoms with Gasteiger partial charge in [-0.15, -0.1) is 0 Å². The third-order valence-electron chi connectivity index (χ3n) is 3.55. The molecule has 138 valence electrons. The van der Waals surface area contributed by atoms with Crippen LogP contribution in [0.2, 0.25) is 0 Å². The lowest BCUT2D eigenvalue weighted by atomic mass is 10.1. The van der Waals surface area contributed by atoms with Gasteiger partial charge in [-0.2, -0.15) is 0 Å². The Balaban J connectivity index is 2.25. The first-order valence-electron chi connectivity index (χ1n) is 7.95. The second-order valence-corrected chi connectivity index (χ2v) is 6.96. The van der Waals surface area contributed by atoms with Gasteiger partial charge in [-0.25, -0.2) is 4.39 Å². The van der Waals surface area contributed by atoms with Crippen LogP contribution < -0.4 is 10.1 Å². The molecule has 1 amide bonds. The Morgan fingerprint density at radius 1 is 1.31 bits per heavy atom. The molecule has 0 spiro atoms. The van der Waals surface area contributed by atoms with Crippen molar-refractivity contribution in [2.45, 2.75) is 20.3 Å². The molecular weight excluding hydrogens is 407 g/mol. The maximum Gasteiger partial charge on any atom is 0.271 e. The van der Waals surface area contributed by atoms with Gasteiger partial charge in [0.25, 0.3) is 11.6 Å². The molecule has 0 saturated heterocycles. The molecule has 2 aromatic rings. The minimum absolute atomic E-state index is 0.203. The van der Waals surface area contributed by atoms with Crippen LogP contribution in [0.3, 0.4) is 0 Å². The molecule has 0 aliphatic heterocycles. The van der Waals surface area contributed by atoms with E-state index in [0.717, 1.165) is 24.6 Å². The van der Waals surface area contributed by atoms with Crippen molar-refractivity contribution in [3.8, 4) is 5.75 Å². The molecule has 1 N–H and O–H groups in total. The smallest absolute Gasteiger partial charge is 0.271 e. The standard InChI is InChI=1S/C18H18BrFN2O4/c1-11(2)7-8-26-17-6-3-12(19)9-14(17)18(23)21-16-10-13(22(24)25)4-5-15(16)20/h3-6,9-11H,7-8H2,1-2H3,(H,21,23). The van der Waals surface area contributed by atoms with E-state index in [4.69, 9.17) is 4.74 Å². The van der Waals surface area contributed by atoms with Crippen molar-refractivity contribution in [3.63, 3.8) is 0 Å². The number of rotatable bonds is 7. The number of nitrogens with one attached hydrogen (secondary N) is 1. The maximum atomic E-state index is 13.9. The van der Waals surface area contributed by atoms with Gasteiger partial charge in [0.05, 0.1) is 22.8 Å². The predicted molar refractivity (Wildman–Crippen MR) is 100 cm³/mol. The van der Waals surface area contributed by atoms with Gasteiger partial charge < -0.3 is 10.1 Å². The third-order valence-corrected chi connectivity index (χ3v) is 4.04. The van der Waals surface area contributed by atoms with Gasteiger partial charge in [0, 0.05) is 16.6 Å². The van der Waals surface area contributed by atoms with Crippen molar-refractivity contribution in [1.29, 1.82) is 0 Å². The average Bonchev–Trinajstić information content (AvgIpc) is 2.57. The molecule has 0 saturated carbocycles. The Morgan fingerprint density at radius 3 is 2.69 bits per heavy atom. The first kappa shape index (κ1) is 19.8. The minimum Gasteiger partial charge on any atom is -0.493 e. The van der Waals surface area contributed by atoms with Crippen LogP contribution in [-0.4, -0.2) is 17.4 Å². The van der Waals surface area contributed by atoms with Gasteiger partial charge in [0.2, 0.25) is 0 Å². The number of benzene rings is 2. The number of ether oxygens (including phenoxy) is 1. The van der Waals surface area contributed by atoms with Crippen LogP contribution in [0.5, 0.6) is 5.75 Å². The summed E-state index contributed by atoms with van der Waals surface area (Å²) in [5.74, 6) is -0.578. The molecule has 2 aromatic carbocycles. The molecule has 0 unspecified atom stereocenters. The van der Waals surface area contributed by atoms with Crippen LogP contribution >= 0.6 is 15.9 Å². The highest BCUT2D eigenvalue weighted by Crippen LogP contribution is 2.27. The largest absolute Gasteiger partial charge is 0.493 e. The summed E-state index contributed by atoms with van der Waals surface area (Å²) >= 11 is 3.29. The topological polar surface area (TPSA) is 81.5 Å². The summed E-state index contributed by atoms with van der Waals surface area (Å²) in [5, 5.41) is 13.2. The SMILES string of the molecule is CC(C)CCOc1ccc(Br)cc1C(=O)Nc1cc([N+](=O)[O-])ccc1F. The van der Waals surface area contributed by atoms with E-state index in [1.54, 1.807) is 18.2 Å². The molecule has 0 bridgehead atoms. The summed E-state index contributed by atoms with van der Waals surface area (Å²) in [4.78, 5) is 22.7. The fourth-order valence-electron chi connectivity index (χ4n) is 2.12. The van der Waals surface area contributed by atoms with E-state index >= 15 is 0 Å². The lowest BCUT2D eigenvalue weighted by molar-refractivity contribution is -0.384. The van der Waals surface area contributed by atoms with Crippen LogP contribution in [0.1, 0.15) is 30.6 Å². The molecule has 0 aliphatic rings. The number of nitro groups is 1. The van der Waals surface area contributed by atoms with Crippen molar-refractivity contribution in [2.24, 2.45) is 5.92 Å². The van der Waals surface area contributed by atoms with Crippen LogP contribution in [-0.2, 0) is 0 Å². The van der Waals surface area contributed by atoms with Gasteiger partial charge >= 0.3 is 0 Å². The van der Waals surface area contributed by atoms with E-state index in [0.29, 0.717) is 22.7 Å². The summed E-state index contributed by atoms with van der Waals surface area (Å²) in [7, 11) is 0. The molecule has 8 heteroatoms. The van der Waals surface area contributed by atoms with Crippen molar-refractivity contribution < 1.29 is 18.8 Å². The zero-order chi connectivity index (χ0) is 19.3. The highest BCUT2D eigenvalue weighted by atomic mass is 79.9. The Morgan fingerprint density at radius 2 is 2.04 bits per heavy atom. The molecule has 0 aromatic heterocycles. The normalized spacial score (nSPS) is 10.7. The highest BCUT2D eigenvalue weighted by Gasteiger charge is 2.18. The van der Waals surface area contributed by atoms with Crippen molar-refractivity contribution >= 4 is 33.2 Å². The van der Waals surface area contributed by atoms with Crippen LogP contribution in [0.15, 0.2) is 40.9 Å². The summed E-state index contributed by atoms with van der Waals surface area (Å²) in [6.45, 7) is 4.55. The minimum atomic E-state index is -0.763. The van der Waals surface area contributed by atoms with Gasteiger partial charge in [-0.05, 0) is 36.6 Å². The molecule has 2 rings (SSSR count). The summed E-state index contributed by atoms with van der Waals surface area (Å²) in [6.07, 6.45) is 0.816. The Kier molecular flexibility index (Phi) is 6.68. The van der Waals surface area contributed by atoms with Gasteiger partial charge in [-0.3, -0.25) is 14.9 Å². The third kappa shape index (κ3) is 5.26. The number of carbonyl (C=O) groups excluding carboxylic acids is 1. The highest BCUT2D eigenvalue weighted by molar-refractivity contribution is 9.10. The zero-order valence-electron chi connectivity index (χ0n) is 14.3. The lowest BCUT2D eigenvalue weighted by Gasteiger charge is -2.13. The number of non-ortho nitro benzene ring substituents is 1. The Bertz CT molecular complexity index is 827. The fourth-order valence-corrected chi connectivity index (χ4v) is 2.48. The number of halogens is 2. The first-order valence-corrected chi connectivity index (χ1v) is 8.75. The Hall–Kier alpha value is -2.48. The van der Waals surface area contributed by atoms with E-state index in [1.165, 1.54) is 0 Å². The molecular formula is C18H18BrFN2O4. The number of amides is 1. The van der Waals surface area contributed by atoms with Crippen LogP contribution in [0, 0.1) is 21.8 Å². The quantitative estimate of drug-likeness (QED) is 0.490. The first-order chi connectivity index (χ1) is 12.3. The number of nitro benzene ring substituents is 1. The molecule has 0 atom stereocenters. The molecule has 0 aliphatic carbocycles. The molecule has 6 nitrogen and oxygen atoms in total. The maximum absolute atomic E-state index is 13.9. The Labute approximate surface area is 158 Å². The van der Waals surface area contributed by atoms with E-state index in [9.17, 15) is 19.3 Å². The van der Waals surface area contributed by atoms with Crippen molar-refractivity contribution in [1.82, 2.24) is 0 Å². The number of anilines is 1. The second-order valence-electron chi connectivity index (χ2n) is 6.05. The number of carbonyl (C=O) groups is 1. The van der Waals surface area contributed by atoms with E-state index in [1.807, 2.05) is 0 Å². The number of nitrogens with zero attached hydrogens (tertiary/aromatic N) is 1. The van der Waals surface area contributed by atoms with Crippen LogP contribution in [0.25, 0.3) is 0 Å². The van der Waals surface area contributed by atoms with E-state index in [-0.39, 0.29) is 16.9 Å². The number of hydrogen-bond donors (Lipinski definition) is 1. The van der Waals surface area contributed by atoms with E-state index in [2.05, 4.69) is 35.1 Å². The van der Waals surface area contributed by atoms with Gasteiger partial charge in [0.1, 0.15) is 11.6 Å². The average molecular weight is 425 g/mol. The summed E-state index contributed by atoms with van der Waals surface area (Å²) < 4.78 is 20.2. The summed E-state index contributed by atoms with van der Waals surface area (Å²) in [5.41, 5.74) is -0.379. The second kappa shape index (κ2) is 8.75. The summed E-state index contributed by atoms with van der Waals surface area (Å²) in [6, 6.07) is 7.87. The number of hydrogen-bond acceptors (Lipinski definition) is 4. The lowest BCUT2D eigenvalue weighted by Crippen LogP contribution is -2.15. The molecule has 26 heavy (non-hydrogen) atoms. The van der Waals surface area contributed by atoms with E-state index < -0.39 is 16.6 Å². The fraction of sp³-hybridized carbons (Fsp3) is 0.278. The monoisotopic (exact) mass is 424 g/mol. The van der Waals surface area contributed by atoms with Gasteiger partial charge in [0.15, 0.2) is 0 Å². The van der Waals surface area contributed by atoms with Crippen molar-refractivity contribution in [3.05, 3.63) is 62.4 Å². The molecule has 0 radical (unpaired) electrons. The molecule has 0 heterocycles. The zero-order valence-corrected chi connectivity index (χ0v) is 15.9. The van der Waals surface area contributed by atoms with Crippen molar-refractivity contribution in [2.75, 3.05) is 11.9 Å². The van der Waals surface area contributed by atoms with Gasteiger partial charge in [-0.1, -0.05) is 29.8 Å². The van der Waals surface area contributed by atoms with Crippen LogP contribution in [0.4, 0.5) is 15.8 Å². The predicted octanol–water partition coefficient (Wildman–Crippen LogP) is 5.17.